The van der Waals surface area contributed by atoms with Crippen molar-refractivity contribution in [3.05, 3.63) is 71.1 Å². The molecule has 2 aromatic heterocycles. The Morgan fingerprint density at radius 1 is 1.15 bits per heavy atom. The molecule has 0 bridgehead atoms. The third-order valence-corrected chi connectivity index (χ3v) is 5.08. The summed E-state index contributed by atoms with van der Waals surface area (Å²) in [7, 11) is 1.83. The fourth-order valence-electron chi connectivity index (χ4n) is 3.11. The fourth-order valence-corrected chi connectivity index (χ4v) is 3.11. The molecule has 0 radical (unpaired) electrons. The van der Waals surface area contributed by atoms with Crippen LogP contribution in [0, 0.1) is 20.8 Å². The Balaban J connectivity index is 1.58. The van der Waals surface area contributed by atoms with Crippen LogP contribution in [0.4, 0.5) is 0 Å². The number of carbonyl (C=O) groups is 1. The van der Waals surface area contributed by atoms with Crippen molar-refractivity contribution in [3.63, 3.8) is 0 Å². The highest BCUT2D eigenvalue weighted by molar-refractivity contribution is 5.75. The minimum Gasteiger partial charge on any atom is -0.338 e. The molecule has 3 rings (SSSR count). The summed E-state index contributed by atoms with van der Waals surface area (Å²) in [5.41, 5.74) is 4.56. The van der Waals surface area contributed by atoms with Gasteiger partial charge in [-0.25, -0.2) is 4.98 Å². The number of aryl methyl sites for hydroxylation is 2. The molecule has 0 fully saturated rings. The zero-order valence-corrected chi connectivity index (χ0v) is 16.5. The molecule has 0 N–H and O–H groups in total. The van der Waals surface area contributed by atoms with Crippen molar-refractivity contribution >= 4 is 5.91 Å². The van der Waals surface area contributed by atoms with Gasteiger partial charge in [-0.15, -0.1) is 0 Å². The predicted octanol–water partition coefficient (Wildman–Crippen LogP) is 3.10. The smallest absolute Gasteiger partial charge is 0.224 e. The van der Waals surface area contributed by atoms with Crippen LogP contribution in [0.25, 0.3) is 0 Å². The lowest BCUT2D eigenvalue weighted by molar-refractivity contribution is -0.130. The zero-order chi connectivity index (χ0) is 19.4. The number of amides is 1. The van der Waals surface area contributed by atoms with Crippen LogP contribution in [0.1, 0.15) is 34.8 Å². The molecule has 0 atom stereocenters. The summed E-state index contributed by atoms with van der Waals surface area (Å²) in [5.74, 6) is 0.978. The lowest BCUT2D eigenvalue weighted by atomic mass is 10.2. The second kappa shape index (κ2) is 8.20. The summed E-state index contributed by atoms with van der Waals surface area (Å²) < 4.78 is 4.01. The molecule has 3 aromatic rings. The number of carbonyl (C=O) groups excluding carboxylic acids is 1. The molecule has 142 valence electrons. The summed E-state index contributed by atoms with van der Waals surface area (Å²) in [6, 6.07) is 10.3. The van der Waals surface area contributed by atoms with Crippen LogP contribution in [0.3, 0.4) is 0 Å². The van der Waals surface area contributed by atoms with Gasteiger partial charge >= 0.3 is 0 Å². The van der Waals surface area contributed by atoms with Crippen molar-refractivity contribution < 1.29 is 4.79 Å². The minimum absolute atomic E-state index is 0.0921. The zero-order valence-electron chi connectivity index (χ0n) is 16.5. The molecule has 6 nitrogen and oxygen atoms in total. The predicted molar refractivity (Wildman–Crippen MR) is 105 cm³/mol. The summed E-state index contributed by atoms with van der Waals surface area (Å²) in [4.78, 5) is 18.7. The third-order valence-electron chi connectivity index (χ3n) is 5.08. The fraction of sp³-hybridized carbons (Fsp3) is 0.381. The van der Waals surface area contributed by atoms with E-state index in [1.807, 2.05) is 50.0 Å². The summed E-state index contributed by atoms with van der Waals surface area (Å²) >= 11 is 0. The molecule has 1 aromatic carbocycles. The van der Waals surface area contributed by atoms with Gasteiger partial charge in [-0.05, 0) is 31.9 Å². The van der Waals surface area contributed by atoms with E-state index in [1.54, 1.807) is 11.1 Å². The molecule has 0 spiro atoms. The highest BCUT2D eigenvalue weighted by Crippen LogP contribution is 2.12. The van der Waals surface area contributed by atoms with Gasteiger partial charge in [0, 0.05) is 44.6 Å². The van der Waals surface area contributed by atoms with Crippen molar-refractivity contribution in [2.75, 3.05) is 7.05 Å². The van der Waals surface area contributed by atoms with E-state index < -0.39 is 0 Å². The Bertz CT molecular complexity index is 910. The summed E-state index contributed by atoms with van der Waals surface area (Å²) in [6.07, 6.45) is 4.17. The first kappa shape index (κ1) is 18.9. The average molecular weight is 365 g/mol. The monoisotopic (exact) mass is 365 g/mol. The Hall–Kier alpha value is -2.89. The van der Waals surface area contributed by atoms with Gasteiger partial charge in [-0.2, -0.15) is 5.10 Å². The Kier molecular flexibility index (Phi) is 5.74. The highest BCUT2D eigenvalue weighted by Gasteiger charge is 2.14. The molecule has 6 heteroatoms. The van der Waals surface area contributed by atoms with Crippen molar-refractivity contribution in [1.29, 1.82) is 0 Å². The van der Waals surface area contributed by atoms with Crippen LogP contribution in [-0.4, -0.2) is 37.2 Å². The van der Waals surface area contributed by atoms with E-state index in [2.05, 4.69) is 33.7 Å². The van der Waals surface area contributed by atoms with Crippen molar-refractivity contribution in [1.82, 2.24) is 24.2 Å². The van der Waals surface area contributed by atoms with E-state index >= 15 is 0 Å². The molecular weight excluding hydrogens is 338 g/mol. The Labute approximate surface area is 160 Å². The molecular formula is C21H27N5O. The molecule has 1 amide bonds. The standard InChI is InChI=1S/C21H27N5O/c1-16-17(2)23-26(18(16)3)12-10-21(27)24(4)15-20-22-11-13-25(20)14-19-8-6-5-7-9-19/h5-9,11,13H,10,12,14-15H2,1-4H3. The van der Waals surface area contributed by atoms with E-state index in [0.29, 0.717) is 19.5 Å². The summed E-state index contributed by atoms with van der Waals surface area (Å²) in [5, 5.41) is 4.51. The van der Waals surface area contributed by atoms with Crippen LogP contribution in [0.15, 0.2) is 42.7 Å². The maximum absolute atomic E-state index is 12.6. The molecule has 0 aliphatic carbocycles. The molecule has 0 aliphatic heterocycles. The maximum Gasteiger partial charge on any atom is 0.224 e. The van der Waals surface area contributed by atoms with E-state index in [1.165, 1.54) is 11.1 Å². The highest BCUT2D eigenvalue weighted by atomic mass is 16.2. The van der Waals surface area contributed by atoms with Gasteiger partial charge < -0.3 is 9.47 Å². The van der Waals surface area contributed by atoms with E-state index in [0.717, 1.165) is 23.8 Å². The molecule has 0 saturated carbocycles. The van der Waals surface area contributed by atoms with Crippen molar-refractivity contribution in [2.24, 2.45) is 0 Å². The maximum atomic E-state index is 12.6. The number of aromatic nitrogens is 4. The van der Waals surface area contributed by atoms with E-state index in [-0.39, 0.29) is 5.91 Å². The number of hydrogen-bond donors (Lipinski definition) is 0. The molecule has 0 aliphatic rings. The van der Waals surface area contributed by atoms with Gasteiger partial charge in [-0.3, -0.25) is 9.48 Å². The van der Waals surface area contributed by atoms with Crippen LogP contribution < -0.4 is 0 Å². The number of hydrogen-bond acceptors (Lipinski definition) is 3. The van der Waals surface area contributed by atoms with Crippen molar-refractivity contribution in [3.8, 4) is 0 Å². The molecule has 0 unspecified atom stereocenters. The Morgan fingerprint density at radius 3 is 2.56 bits per heavy atom. The number of rotatable bonds is 7. The molecule has 27 heavy (non-hydrogen) atoms. The van der Waals surface area contributed by atoms with Crippen LogP contribution in [0.5, 0.6) is 0 Å². The van der Waals surface area contributed by atoms with Crippen molar-refractivity contribution in [2.45, 2.75) is 46.8 Å². The first-order chi connectivity index (χ1) is 13.0. The first-order valence-corrected chi connectivity index (χ1v) is 9.24. The molecule has 2 heterocycles. The van der Waals surface area contributed by atoms with Crippen LogP contribution in [-0.2, 0) is 24.4 Å². The minimum atomic E-state index is 0.0921. The van der Waals surface area contributed by atoms with Gasteiger partial charge in [0.05, 0.1) is 12.2 Å². The average Bonchev–Trinajstić information content (AvgIpc) is 3.20. The second-order valence-electron chi connectivity index (χ2n) is 6.98. The second-order valence-corrected chi connectivity index (χ2v) is 6.98. The summed E-state index contributed by atoms with van der Waals surface area (Å²) in [6.45, 7) is 7.96. The first-order valence-electron chi connectivity index (χ1n) is 9.24. The number of nitrogens with zero attached hydrogens (tertiary/aromatic N) is 5. The Morgan fingerprint density at radius 2 is 1.89 bits per heavy atom. The van der Waals surface area contributed by atoms with Gasteiger partial charge in [0.2, 0.25) is 5.91 Å². The molecule has 0 saturated heterocycles. The van der Waals surface area contributed by atoms with Gasteiger partial charge in [0.15, 0.2) is 0 Å². The SMILES string of the molecule is Cc1nn(CCC(=O)N(C)Cc2nccn2Cc2ccccc2)c(C)c1C. The quantitative estimate of drug-likeness (QED) is 0.646. The topological polar surface area (TPSA) is 56.0 Å². The van der Waals surface area contributed by atoms with Gasteiger partial charge in [-0.1, -0.05) is 30.3 Å². The lowest BCUT2D eigenvalue weighted by Crippen LogP contribution is -2.28. The number of benzene rings is 1. The van der Waals surface area contributed by atoms with Crippen LogP contribution >= 0.6 is 0 Å². The van der Waals surface area contributed by atoms with E-state index in [9.17, 15) is 4.79 Å². The normalized spacial score (nSPS) is 11.0. The number of imidazole rings is 1. The van der Waals surface area contributed by atoms with E-state index in [4.69, 9.17) is 0 Å². The lowest BCUT2D eigenvalue weighted by Gasteiger charge is -2.18. The third kappa shape index (κ3) is 4.45. The van der Waals surface area contributed by atoms with Gasteiger partial charge in [0.25, 0.3) is 0 Å². The largest absolute Gasteiger partial charge is 0.338 e. The van der Waals surface area contributed by atoms with Crippen LogP contribution in [0.2, 0.25) is 0 Å². The van der Waals surface area contributed by atoms with Gasteiger partial charge in [0.1, 0.15) is 5.82 Å².